The highest BCUT2D eigenvalue weighted by atomic mass is 16.1. The van der Waals surface area contributed by atoms with Crippen molar-refractivity contribution in [3.63, 3.8) is 0 Å². The first kappa shape index (κ1) is 11.9. The second-order valence-electron chi connectivity index (χ2n) is 3.93. The van der Waals surface area contributed by atoms with Crippen LogP contribution in [0.1, 0.15) is 27.7 Å². The molecule has 0 aromatic rings. The maximum atomic E-state index is 11.7. The standard InChI is InChI=1S/C12H18O/c1-6-8-9-10(7-2)11(13)12(3,4)5/h6-9H,2H2,1,3-5H3/b8-6-,10-9+. The average molecular weight is 178 g/mol. The van der Waals surface area contributed by atoms with Gasteiger partial charge in [0, 0.05) is 11.0 Å². The SMILES string of the molecule is C=C/C(=C\C=C/C)C(=O)C(C)(C)C. The van der Waals surface area contributed by atoms with Gasteiger partial charge in [0.2, 0.25) is 0 Å². The van der Waals surface area contributed by atoms with Gasteiger partial charge in [-0.3, -0.25) is 4.79 Å². The molecule has 0 spiro atoms. The molecule has 0 radical (unpaired) electrons. The second kappa shape index (κ2) is 4.80. The Morgan fingerprint density at radius 2 is 1.85 bits per heavy atom. The van der Waals surface area contributed by atoms with E-state index < -0.39 is 0 Å². The van der Waals surface area contributed by atoms with Crippen LogP contribution in [-0.4, -0.2) is 5.78 Å². The summed E-state index contributed by atoms with van der Waals surface area (Å²) in [6.45, 7) is 11.3. The molecule has 1 nitrogen and oxygen atoms in total. The molecule has 72 valence electrons. The van der Waals surface area contributed by atoms with Crippen LogP contribution in [0.4, 0.5) is 0 Å². The topological polar surface area (TPSA) is 17.1 Å². The number of carbonyl (C=O) groups excluding carboxylic acids is 1. The molecule has 0 aromatic carbocycles. The van der Waals surface area contributed by atoms with Crippen LogP contribution in [0.2, 0.25) is 0 Å². The summed E-state index contributed by atoms with van der Waals surface area (Å²) in [5.74, 6) is 0.126. The third-order valence-electron chi connectivity index (χ3n) is 1.63. The predicted molar refractivity (Wildman–Crippen MR) is 57.6 cm³/mol. The number of ketones is 1. The molecule has 0 unspecified atom stereocenters. The fraction of sp³-hybridized carbons (Fsp3) is 0.417. The van der Waals surface area contributed by atoms with Crippen LogP contribution < -0.4 is 0 Å². The van der Waals surface area contributed by atoms with Crippen molar-refractivity contribution in [3.8, 4) is 0 Å². The van der Waals surface area contributed by atoms with Crippen LogP contribution in [-0.2, 0) is 4.79 Å². The Kier molecular flexibility index (Phi) is 4.39. The number of rotatable bonds is 3. The predicted octanol–water partition coefficient (Wildman–Crippen LogP) is 3.29. The molecule has 0 aromatic heterocycles. The Morgan fingerprint density at radius 1 is 1.31 bits per heavy atom. The molecule has 0 heterocycles. The van der Waals surface area contributed by atoms with E-state index in [1.807, 2.05) is 39.8 Å². The van der Waals surface area contributed by atoms with Gasteiger partial charge in [-0.15, -0.1) is 0 Å². The van der Waals surface area contributed by atoms with Gasteiger partial charge in [0.05, 0.1) is 0 Å². The van der Waals surface area contributed by atoms with Gasteiger partial charge in [0.15, 0.2) is 5.78 Å². The molecule has 0 atom stereocenters. The molecule has 0 amide bonds. The van der Waals surface area contributed by atoms with Crippen molar-refractivity contribution < 1.29 is 4.79 Å². The summed E-state index contributed by atoms with van der Waals surface area (Å²) in [5, 5.41) is 0. The lowest BCUT2D eigenvalue weighted by Crippen LogP contribution is -2.21. The Labute approximate surface area is 80.8 Å². The van der Waals surface area contributed by atoms with Crippen LogP contribution in [0.5, 0.6) is 0 Å². The van der Waals surface area contributed by atoms with E-state index >= 15 is 0 Å². The lowest BCUT2D eigenvalue weighted by atomic mass is 9.86. The van der Waals surface area contributed by atoms with Crippen molar-refractivity contribution in [2.75, 3.05) is 0 Å². The van der Waals surface area contributed by atoms with Gasteiger partial charge in [0.1, 0.15) is 0 Å². The normalized spacial score (nSPS) is 13.4. The molecule has 0 saturated heterocycles. The minimum atomic E-state index is -0.332. The Hall–Kier alpha value is -1.11. The smallest absolute Gasteiger partial charge is 0.168 e. The summed E-state index contributed by atoms with van der Waals surface area (Å²) < 4.78 is 0. The molecule has 0 aliphatic heterocycles. The van der Waals surface area contributed by atoms with E-state index in [0.717, 1.165) is 0 Å². The van der Waals surface area contributed by atoms with Crippen molar-refractivity contribution in [2.24, 2.45) is 5.41 Å². The number of allylic oxidation sites excluding steroid dienone is 5. The third-order valence-corrected chi connectivity index (χ3v) is 1.63. The first-order chi connectivity index (χ1) is 5.93. The second-order valence-corrected chi connectivity index (χ2v) is 3.93. The van der Waals surface area contributed by atoms with Gasteiger partial charge >= 0.3 is 0 Å². The number of carbonyl (C=O) groups is 1. The average Bonchev–Trinajstić information content (AvgIpc) is 2.04. The van der Waals surface area contributed by atoms with Gasteiger partial charge < -0.3 is 0 Å². The Bertz CT molecular complexity index is 249. The fourth-order valence-electron chi connectivity index (χ4n) is 0.869. The number of Topliss-reactive ketones (excluding diaryl/α,β-unsaturated/α-hetero) is 1. The molecule has 1 heteroatoms. The molecule has 13 heavy (non-hydrogen) atoms. The van der Waals surface area contributed by atoms with Crippen LogP contribution in [0.3, 0.4) is 0 Å². The maximum Gasteiger partial charge on any atom is 0.168 e. The minimum absolute atomic E-state index is 0.126. The minimum Gasteiger partial charge on any atom is -0.294 e. The Morgan fingerprint density at radius 3 is 2.15 bits per heavy atom. The van der Waals surface area contributed by atoms with Gasteiger partial charge in [-0.25, -0.2) is 0 Å². The van der Waals surface area contributed by atoms with Gasteiger partial charge in [-0.1, -0.05) is 51.7 Å². The van der Waals surface area contributed by atoms with Crippen molar-refractivity contribution in [1.29, 1.82) is 0 Å². The fourth-order valence-corrected chi connectivity index (χ4v) is 0.869. The Balaban J connectivity index is 4.81. The molecule has 0 bridgehead atoms. The van der Waals surface area contributed by atoms with E-state index in [1.165, 1.54) is 0 Å². The first-order valence-electron chi connectivity index (χ1n) is 4.43. The van der Waals surface area contributed by atoms with E-state index in [2.05, 4.69) is 6.58 Å². The molecule has 0 saturated carbocycles. The molecule has 0 fully saturated rings. The lowest BCUT2D eigenvalue weighted by molar-refractivity contribution is -0.122. The van der Waals surface area contributed by atoms with Crippen LogP contribution in [0, 0.1) is 5.41 Å². The van der Waals surface area contributed by atoms with E-state index in [4.69, 9.17) is 0 Å². The van der Waals surface area contributed by atoms with Crippen molar-refractivity contribution in [3.05, 3.63) is 36.5 Å². The third kappa shape index (κ3) is 3.88. The number of hydrogen-bond acceptors (Lipinski definition) is 1. The first-order valence-corrected chi connectivity index (χ1v) is 4.43. The van der Waals surface area contributed by atoms with Crippen molar-refractivity contribution >= 4 is 5.78 Å². The van der Waals surface area contributed by atoms with E-state index in [1.54, 1.807) is 12.2 Å². The van der Waals surface area contributed by atoms with Crippen LogP contribution >= 0.6 is 0 Å². The van der Waals surface area contributed by atoms with Gasteiger partial charge in [-0.05, 0) is 6.92 Å². The highest BCUT2D eigenvalue weighted by Gasteiger charge is 2.22. The molecule has 0 N–H and O–H groups in total. The summed E-state index contributed by atoms with van der Waals surface area (Å²) >= 11 is 0. The molecule has 0 aliphatic rings. The summed E-state index contributed by atoms with van der Waals surface area (Å²) in [7, 11) is 0. The zero-order valence-electron chi connectivity index (χ0n) is 8.92. The lowest BCUT2D eigenvalue weighted by Gasteiger charge is -2.16. The molecule has 0 rings (SSSR count). The van der Waals surface area contributed by atoms with Gasteiger partial charge in [-0.2, -0.15) is 0 Å². The van der Waals surface area contributed by atoms with Crippen LogP contribution in [0.15, 0.2) is 36.5 Å². The maximum absolute atomic E-state index is 11.7. The quantitative estimate of drug-likeness (QED) is 0.478. The summed E-state index contributed by atoms with van der Waals surface area (Å²) in [5.41, 5.74) is 0.340. The monoisotopic (exact) mass is 178 g/mol. The zero-order chi connectivity index (χ0) is 10.5. The van der Waals surface area contributed by atoms with Crippen molar-refractivity contribution in [1.82, 2.24) is 0 Å². The van der Waals surface area contributed by atoms with E-state index in [-0.39, 0.29) is 11.2 Å². The molecule has 0 aliphatic carbocycles. The summed E-state index contributed by atoms with van der Waals surface area (Å²) in [6.07, 6.45) is 7.13. The van der Waals surface area contributed by atoms with Gasteiger partial charge in [0.25, 0.3) is 0 Å². The van der Waals surface area contributed by atoms with E-state index in [0.29, 0.717) is 5.57 Å². The van der Waals surface area contributed by atoms with E-state index in [9.17, 15) is 4.79 Å². The van der Waals surface area contributed by atoms with Crippen LogP contribution in [0.25, 0.3) is 0 Å². The number of hydrogen-bond donors (Lipinski definition) is 0. The highest BCUT2D eigenvalue weighted by molar-refractivity contribution is 6.01. The summed E-state index contributed by atoms with van der Waals surface area (Å²) in [6, 6.07) is 0. The largest absolute Gasteiger partial charge is 0.294 e. The highest BCUT2D eigenvalue weighted by Crippen LogP contribution is 2.20. The zero-order valence-corrected chi connectivity index (χ0v) is 8.92. The summed E-state index contributed by atoms with van der Waals surface area (Å²) in [4.78, 5) is 11.7. The van der Waals surface area contributed by atoms with Crippen molar-refractivity contribution in [2.45, 2.75) is 27.7 Å². The molecular formula is C12H18O. The molecular weight excluding hydrogens is 160 g/mol.